The summed E-state index contributed by atoms with van der Waals surface area (Å²) in [5.41, 5.74) is 1.01. The SMILES string of the molecule is CCCC(CC)N(C[C@@H](O)[C@H](Cc1ccccc1)NC(=O)[C@H](C(C)C)N(Cc1csc(C(C)C)n1)C(=O)O)C(=O)NC(C)(C)C. The van der Waals surface area contributed by atoms with Crippen LogP contribution in [0.15, 0.2) is 35.7 Å². The Kier molecular flexibility index (Phi) is 14.8. The van der Waals surface area contributed by atoms with Crippen molar-refractivity contribution in [2.45, 2.75) is 130 Å². The Morgan fingerprint density at radius 1 is 1.02 bits per heavy atom. The molecule has 1 aromatic carbocycles. The molecule has 1 heterocycles. The summed E-state index contributed by atoms with van der Waals surface area (Å²) in [4.78, 5) is 47.4. The molecule has 0 aliphatic heterocycles. The monoisotopic (exact) mass is 645 g/mol. The second-order valence-corrected chi connectivity index (χ2v) is 14.4. The van der Waals surface area contributed by atoms with Gasteiger partial charge in [0.15, 0.2) is 0 Å². The molecule has 252 valence electrons. The highest BCUT2D eigenvalue weighted by Gasteiger charge is 2.37. The van der Waals surface area contributed by atoms with Gasteiger partial charge in [0.25, 0.3) is 0 Å². The van der Waals surface area contributed by atoms with Crippen LogP contribution in [0.4, 0.5) is 9.59 Å². The number of benzene rings is 1. The molecule has 2 aromatic rings. The molecular formula is C34H55N5O5S. The van der Waals surface area contributed by atoms with Crippen LogP contribution in [-0.4, -0.2) is 79.3 Å². The predicted molar refractivity (Wildman–Crippen MR) is 180 cm³/mol. The fourth-order valence-electron chi connectivity index (χ4n) is 5.38. The number of aromatic nitrogens is 1. The second kappa shape index (κ2) is 17.5. The van der Waals surface area contributed by atoms with Gasteiger partial charge in [-0.15, -0.1) is 11.3 Å². The lowest BCUT2D eigenvalue weighted by Crippen LogP contribution is -2.59. The van der Waals surface area contributed by atoms with E-state index in [0.29, 0.717) is 18.5 Å². The summed E-state index contributed by atoms with van der Waals surface area (Å²) in [6, 6.07) is 7.33. The molecule has 0 saturated heterocycles. The molecule has 4 N–H and O–H groups in total. The van der Waals surface area contributed by atoms with Crippen LogP contribution in [0.25, 0.3) is 0 Å². The van der Waals surface area contributed by atoms with Gasteiger partial charge in [-0.1, -0.05) is 78.3 Å². The van der Waals surface area contributed by atoms with Crippen LogP contribution in [0.5, 0.6) is 0 Å². The van der Waals surface area contributed by atoms with Gasteiger partial charge in [0.1, 0.15) is 6.04 Å². The summed E-state index contributed by atoms with van der Waals surface area (Å²) >= 11 is 1.47. The van der Waals surface area contributed by atoms with Crippen molar-refractivity contribution in [2.75, 3.05) is 6.54 Å². The summed E-state index contributed by atoms with van der Waals surface area (Å²) in [5, 5.41) is 30.7. The van der Waals surface area contributed by atoms with Crippen molar-refractivity contribution in [3.8, 4) is 0 Å². The van der Waals surface area contributed by atoms with Crippen LogP contribution in [0.2, 0.25) is 0 Å². The maximum Gasteiger partial charge on any atom is 0.408 e. The average molecular weight is 646 g/mol. The molecule has 4 amide bonds. The van der Waals surface area contributed by atoms with E-state index in [1.807, 2.05) is 77.3 Å². The second-order valence-electron chi connectivity index (χ2n) is 13.5. The number of urea groups is 1. The number of rotatable bonds is 16. The Morgan fingerprint density at radius 2 is 1.67 bits per heavy atom. The highest BCUT2D eigenvalue weighted by atomic mass is 32.1. The minimum absolute atomic E-state index is 0.00396. The Labute approximate surface area is 273 Å². The third-order valence-corrected chi connectivity index (χ3v) is 8.82. The molecular weight excluding hydrogens is 590 g/mol. The van der Waals surface area contributed by atoms with E-state index in [0.717, 1.165) is 28.3 Å². The van der Waals surface area contributed by atoms with Crippen molar-refractivity contribution in [1.82, 2.24) is 25.4 Å². The summed E-state index contributed by atoms with van der Waals surface area (Å²) in [6.07, 6.45) is 0.314. The first-order valence-electron chi connectivity index (χ1n) is 16.1. The Balaban J connectivity index is 2.42. The molecule has 2 rings (SSSR count). The molecule has 0 aliphatic rings. The molecule has 45 heavy (non-hydrogen) atoms. The number of aliphatic hydroxyl groups excluding tert-OH is 1. The van der Waals surface area contributed by atoms with E-state index >= 15 is 0 Å². The van der Waals surface area contributed by atoms with Crippen molar-refractivity contribution in [3.63, 3.8) is 0 Å². The fraction of sp³-hybridized carbons (Fsp3) is 0.647. The normalized spacial score (nSPS) is 14.5. The topological polar surface area (TPSA) is 135 Å². The zero-order valence-corrected chi connectivity index (χ0v) is 29.4. The number of nitrogens with one attached hydrogen (secondary N) is 2. The smallest absolute Gasteiger partial charge is 0.408 e. The lowest BCUT2D eigenvalue weighted by molar-refractivity contribution is -0.129. The van der Waals surface area contributed by atoms with Crippen LogP contribution in [-0.2, 0) is 17.8 Å². The first-order chi connectivity index (χ1) is 21.1. The van der Waals surface area contributed by atoms with Gasteiger partial charge >= 0.3 is 12.1 Å². The Bertz CT molecular complexity index is 1210. The van der Waals surface area contributed by atoms with Crippen LogP contribution in [0.1, 0.15) is 104 Å². The van der Waals surface area contributed by atoms with Gasteiger partial charge < -0.3 is 25.7 Å². The number of nitrogens with zero attached hydrogens (tertiary/aromatic N) is 3. The van der Waals surface area contributed by atoms with E-state index in [1.165, 1.54) is 11.3 Å². The maximum absolute atomic E-state index is 14.0. The maximum atomic E-state index is 14.0. The lowest BCUT2D eigenvalue weighted by atomic mass is 9.97. The minimum Gasteiger partial charge on any atom is -0.465 e. The fourth-order valence-corrected chi connectivity index (χ4v) is 6.20. The van der Waals surface area contributed by atoms with Crippen molar-refractivity contribution >= 4 is 29.4 Å². The molecule has 4 atom stereocenters. The quantitative estimate of drug-likeness (QED) is 0.171. The van der Waals surface area contributed by atoms with Crippen molar-refractivity contribution in [3.05, 3.63) is 52.0 Å². The van der Waals surface area contributed by atoms with Crippen LogP contribution < -0.4 is 10.6 Å². The van der Waals surface area contributed by atoms with Gasteiger partial charge in [-0.05, 0) is 51.5 Å². The lowest BCUT2D eigenvalue weighted by Gasteiger charge is -2.38. The highest BCUT2D eigenvalue weighted by molar-refractivity contribution is 7.09. The minimum atomic E-state index is -1.22. The summed E-state index contributed by atoms with van der Waals surface area (Å²) in [7, 11) is 0. The molecule has 10 nitrogen and oxygen atoms in total. The summed E-state index contributed by atoms with van der Waals surface area (Å²) in [5.74, 6) is -0.652. The number of hydrogen-bond donors (Lipinski definition) is 4. The van der Waals surface area contributed by atoms with E-state index in [2.05, 4.69) is 22.5 Å². The van der Waals surface area contributed by atoms with E-state index in [9.17, 15) is 24.6 Å². The van der Waals surface area contributed by atoms with Crippen LogP contribution >= 0.6 is 11.3 Å². The molecule has 0 spiro atoms. The number of thiazole rings is 1. The first-order valence-corrected chi connectivity index (χ1v) is 17.0. The molecule has 1 aromatic heterocycles. The summed E-state index contributed by atoms with van der Waals surface area (Å²) in [6.45, 7) is 17.5. The standard InChI is InChI=1S/C34H55N5O5S/c1-10-15-26(11-2)38(32(42)37-34(7,8)9)20-28(40)27(18-24-16-13-12-14-17-24)36-30(41)29(22(3)4)39(33(43)44)19-25-21-45-31(35-25)23(5)6/h12-14,16-17,21-23,26-29,40H,10-11,15,18-20H2,1-9H3,(H,36,41)(H,37,42)(H,43,44)/t26?,27-,28+,29-/m0/s1. The van der Waals surface area contributed by atoms with Gasteiger partial charge in [0.05, 0.1) is 35.9 Å². The van der Waals surface area contributed by atoms with Gasteiger partial charge in [0, 0.05) is 22.9 Å². The molecule has 0 fully saturated rings. The number of carboxylic acid groups (broad SMARTS) is 1. The largest absolute Gasteiger partial charge is 0.465 e. The van der Waals surface area contributed by atoms with Crippen molar-refractivity contribution in [2.24, 2.45) is 5.92 Å². The molecule has 0 saturated carbocycles. The Hall–Kier alpha value is -3.18. The van der Waals surface area contributed by atoms with Gasteiger partial charge in [-0.25, -0.2) is 14.6 Å². The molecule has 0 aliphatic carbocycles. The number of amides is 4. The third kappa shape index (κ3) is 11.9. The third-order valence-electron chi connectivity index (χ3n) is 7.63. The van der Waals surface area contributed by atoms with Gasteiger partial charge in [-0.3, -0.25) is 9.69 Å². The van der Waals surface area contributed by atoms with E-state index in [-0.39, 0.29) is 37.0 Å². The van der Waals surface area contributed by atoms with Crippen molar-refractivity contribution in [1.29, 1.82) is 0 Å². The number of hydrogen-bond acceptors (Lipinski definition) is 6. The molecule has 1 unspecified atom stereocenters. The zero-order chi connectivity index (χ0) is 33.9. The molecule has 0 bridgehead atoms. The van der Waals surface area contributed by atoms with E-state index < -0.39 is 35.7 Å². The van der Waals surface area contributed by atoms with Crippen LogP contribution in [0, 0.1) is 5.92 Å². The van der Waals surface area contributed by atoms with Gasteiger partial charge in [-0.2, -0.15) is 0 Å². The first kappa shape index (κ1) is 38.0. The van der Waals surface area contributed by atoms with E-state index in [4.69, 9.17) is 0 Å². The van der Waals surface area contributed by atoms with Gasteiger partial charge in [0.2, 0.25) is 5.91 Å². The zero-order valence-electron chi connectivity index (χ0n) is 28.5. The number of carbonyl (C=O) groups excluding carboxylic acids is 2. The number of aliphatic hydroxyl groups is 1. The predicted octanol–water partition coefficient (Wildman–Crippen LogP) is 6.25. The number of carbonyl (C=O) groups is 3. The Morgan fingerprint density at radius 3 is 2.16 bits per heavy atom. The van der Waals surface area contributed by atoms with Crippen LogP contribution in [0.3, 0.4) is 0 Å². The molecule has 11 heteroatoms. The van der Waals surface area contributed by atoms with Crippen molar-refractivity contribution < 1.29 is 24.6 Å². The average Bonchev–Trinajstić information content (AvgIpc) is 3.42. The molecule has 0 radical (unpaired) electrons. The summed E-state index contributed by atoms with van der Waals surface area (Å²) < 4.78 is 0. The van der Waals surface area contributed by atoms with E-state index in [1.54, 1.807) is 18.7 Å². The highest BCUT2D eigenvalue weighted by Crippen LogP contribution is 2.23.